The fourth-order valence-corrected chi connectivity index (χ4v) is 4.27. The zero-order chi connectivity index (χ0) is 14.5. The number of amides is 1. The van der Waals surface area contributed by atoms with Crippen LogP contribution in [0, 0.1) is 0 Å². The van der Waals surface area contributed by atoms with E-state index in [2.05, 4.69) is 37.2 Å². The van der Waals surface area contributed by atoms with Gasteiger partial charge in [-0.15, -0.1) is 11.3 Å². The van der Waals surface area contributed by atoms with E-state index in [0.717, 1.165) is 32.6 Å². The summed E-state index contributed by atoms with van der Waals surface area (Å²) >= 11 is 8.33. The maximum Gasteiger partial charge on any atom is 0.264 e. The lowest BCUT2D eigenvalue weighted by Crippen LogP contribution is -2.42. The Bertz CT molecular complexity index is 442. The highest BCUT2D eigenvalue weighted by Crippen LogP contribution is 2.33. The molecule has 1 amide bonds. The van der Waals surface area contributed by atoms with Gasteiger partial charge >= 0.3 is 0 Å². The van der Waals surface area contributed by atoms with Crippen molar-refractivity contribution in [3.8, 4) is 0 Å². The Balaban J connectivity index is 2.05. The van der Waals surface area contributed by atoms with Crippen LogP contribution in [0.1, 0.15) is 22.5 Å². The van der Waals surface area contributed by atoms with Crippen molar-refractivity contribution in [1.29, 1.82) is 0 Å². The van der Waals surface area contributed by atoms with Gasteiger partial charge in [0, 0.05) is 30.7 Å². The van der Waals surface area contributed by atoms with Crippen molar-refractivity contribution < 1.29 is 9.53 Å². The minimum absolute atomic E-state index is 0.0761. The van der Waals surface area contributed by atoms with Gasteiger partial charge in [0.1, 0.15) is 0 Å². The monoisotopic (exact) mass is 424 g/mol. The second kappa shape index (κ2) is 7.89. The third kappa shape index (κ3) is 4.27. The molecule has 7 heteroatoms. The molecule has 0 radical (unpaired) electrons. The van der Waals surface area contributed by atoms with Crippen molar-refractivity contribution in [2.45, 2.75) is 18.9 Å². The molecule has 0 aromatic carbocycles. The molecule has 1 unspecified atom stereocenters. The summed E-state index contributed by atoms with van der Waals surface area (Å²) in [6.07, 6.45) is 2.32. The Morgan fingerprint density at radius 2 is 2.40 bits per heavy atom. The molecular formula is C13H18Br2N2O2S. The van der Waals surface area contributed by atoms with Crippen molar-refractivity contribution in [2.24, 2.45) is 0 Å². The van der Waals surface area contributed by atoms with Crippen molar-refractivity contribution >= 4 is 49.1 Å². The molecule has 0 spiro atoms. The lowest BCUT2D eigenvalue weighted by molar-refractivity contribution is 0.0684. The number of hydrogen-bond acceptors (Lipinski definition) is 4. The zero-order valence-corrected chi connectivity index (χ0v) is 15.3. The van der Waals surface area contributed by atoms with Crippen molar-refractivity contribution in [3.63, 3.8) is 0 Å². The van der Waals surface area contributed by atoms with E-state index in [1.807, 2.05) is 11.0 Å². The summed E-state index contributed by atoms with van der Waals surface area (Å²) in [5.74, 6) is 0.0761. The number of nitrogens with zero attached hydrogens (tertiary/aromatic N) is 1. The van der Waals surface area contributed by atoms with E-state index in [9.17, 15) is 4.79 Å². The third-order valence-electron chi connectivity index (χ3n) is 3.31. The maximum atomic E-state index is 12.6. The number of rotatable bonds is 6. The van der Waals surface area contributed by atoms with Gasteiger partial charge < -0.3 is 15.0 Å². The van der Waals surface area contributed by atoms with E-state index in [0.29, 0.717) is 19.2 Å². The first kappa shape index (κ1) is 16.4. The molecule has 4 nitrogen and oxygen atoms in total. The highest BCUT2D eigenvalue weighted by atomic mass is 79.9. The van der Waals surface area contributed by atoms with Gasteiger partial charge in [-0.3, -0.25) is 4.79 Å². The molecule has 112 valence electrons. The SMILES string of the molecule is COCCN(CC1CCCN1)C(=O)c1cc(Br)c(Br)s1. The average molecular weight is 426 g/mol. The third-order valence-corrected chi connectivity index (χ3v) is 6.56. The molecule has 2 rings (SSSR count). The normalized spacial score (nSPS) is 18.4. The van der Waals surface area contributed by atoms with E-state index in [-0.39, 0.29) is 5.91 Å². The van der Waals surface area contributed by atoms with Gasteiger partial charge in [0.25, 0.3) is 5.91 Å². The fourth-order valence-electron chi connectivity index (χ4n) is 2.26. The molecule has 2 heterocycles. The van der Waals surface area contributed by atoms with Gasteiger partial charge in [-0.1, -0.05) is 0 Å². The Kier molecular flexibility index (Phi) is 6.48. The minimum atomic E-state index is 0.0761. The maximum absolute atomic E-state index is 12.6. The molecule has 0 aliphatic carbocycles. The molecule has 0 saturated carbocycles. The summed E-state index contributed by atoms with van der Waals surface area (Å²) in [7, 11) is 1.66. The number of hydrogen-bond donors (Lipinski definition) is 1. The van der Waals surface area contributed by atoms with Gasteiger partial charge in [0.15, 0.2) is 0 Å². The predicted octanol–water partition coefficient (Wildman–Crippen LogP) is 3.11. The highest BCUT2D eigenvalue weighted by Gasteiger charge is 2.23. The van der Waals surface area contributed by atoms with E-state index in [1.165, 1.54) is 17.8 Å². The summed E-state index contributed by atoms with van der Waals surface area (Å²) in [4.78, 5) is 15.2. The number of methoxy groups -OCH3 is 1. The summed E-state index contributed by atoms with van der Waals surface area (Å²) in [5.41, 5.74) is 0. The standard InChI is InChI=1S/C13H18Br2N2O2S/c1-19-6-5-17(8-9-3-2-4-16-9)13(18)11-7-10(14)12(15)20-11/h7,9,16H,2-6,8H2,1H3. The summed E-state index contributed by atoms with van der Waals surface area (Å²) < 4.78 is 7.00. The number of halogens is 2. The van der Waals surface area contributed by atoms with Gasteiger partial charge in [0.2, 0.25) is 0 Å². The molecule has 1 atom stereocenters. The quantitative estimate of drug-likeness (QED) is 0.761. The topological polar surface area (TPSA) is 41.6 Å². The van der Waals surface area contributed by atoms with Crippen LogP contribution >= 0.6 is 43.2 Å². The molecule has 1 saturated heterocycles. The molecule has 1 aromatic heterocycles. The van der Waals surface area contributed by atoms with Crippen LogP contribution in [0.3, 0.4) is 0 Å². The number of ether oxygens (including phenoxy) is 1. The summed E-state index contributed by atoms with van der Waals surface area (Å²) in [5, 5.41) is 3.44. The van der Waals surface area contributed by atoms with Crippen LogP contribution < -0.4 is 5.32 Å². The lowest BCUT2D eigenvalue weighted by atomic mass is 10.2. The molecule has 1 N–H and O–H groups in total. The van der Waals surface area contributed by atoms with Crippen LogP contribution in [0.2, 0.25) is 0 Å². The largest absolute Gasteiger partial charge is 0.383 e. The van der Waals surface area contributed by atoms with Crippen LogP contribution in [-0.2, 0) is 4.74 Å². The predicted molar refractivity (Wildman–Crippen MR) is 88.5 cm³/mol. The first-order valence-corrected chi connectivity index (χ1v) is 8.98. The number of nitrogens with one attached hydrogen (secondary N) is 1. The minimum Gasteiger partial charge on any atom is -0.383 e. The van der Waals surface area contributed by atoms with Gasteiger partial charge in [0.05, 0.1) is 15.3 Å². The first-order chi connectivity index (χ1) is 9.61. The van der Waals surface area contributed by atoms with Crippen LogP contribution in [0.25, 0.3) is 0 Å². The Labute approximate surface area is 140 Å². The van der Waals surface area contributed by atoms with Gasteiger partial charge in [-0.05, 0) is 57.3 Å². The molecule has 20 heavy (non-hydrogen) atoms. The molecule has 1 fully saturated rings. The number of carbonyl (C=O) groups is 1. The molecular weight excluding hydrogens is 408 g/mol. The van der Waals surface area contributed by atoms with Crippen LogP contribution in [0.15, 0.2) is 14.3 Å². The second-order valence-electron chi connectivity index (χ2n) is 4.77. The van der Waals surface area contributed by atoms with Crippen LogP contribution in [0.5, 0.6) is 0 Å². The van der Waals surface area contributed by atoms with Crippen molar-refractivity contribution in [2.75, 3.05) is 33.4 Å². The summed E-state index contributed by atoms with van der Waals surface area (Å²) in [6.45, 7) is 2.98. The first-order valence-electron chi connectivity index (χ1n) is 6.58. The van der Waals surface area contributed by atoms with Crippen LogP contribution in [-0.4, -0.2) is 50.2 Å². The van der Waals surface area contributed by atoms with E-state index in [1.54, 1.807) is 7.11 Å². The smallest absolute Gasteiger partial charge is 0.264 e. The number of thiophene rings is 1. The molecule has 1 aliphatic heterocycles. The average Bonchev–Trinajstić information content (AvgIpc) is 3.05. The molecule has 1 aliphatic rings. The van der Waals surface area contributed by atoms with Crippen LogP contribution in [0.4, 0.5) is 0 Å². The lowest BCUT2D eigenvalue weighted by Gasteiger charge is -2.25. The van der Waals surface area contributed by atoms with Crippen molar-refractivity contribution in [1.82, 2.24) is 10.2 Å². The number of carbonyl (C=O) groups excluding carboxylic acids is 1. The molecule has 0 bridgehead atoms. The Morgan fingerprint density at radius 1 is 1.60 bits per heavy atom. The van der Waals surface area contributed by atoms with E-state index >= 15 is 0 Å². The van der Waals surface area contributed by atoms with Crippen molar-refractivity contribution in [3.05, 3.63) is 19.2 Å². The highest BCUT2D eigenvalue weighted by molar-refractivity contribution is 9.13. The molecule has 1 aromatic rings. The fraction of sp³-hybridized carbons (Fsp3) is 0.615. The summed E-state index contributed by atoms with van der Waals surface area (Å²) in [6, 6.07) is 2.28. The van der Waals surface area contributed by atoms with Gasteiger partial charge in [-0.2, -0.15) is 0 Å². The zero-order valence-electron chi connectivity index (χ0n) is 11.3. The van der Waals surface area contributed by atoms with E-state index in [4.69, 9.17) is 4.74 Å². The van der Waals surface area contributed by atoms with Gasteiger partial charge in [-0.25, -0.2) is 0 Å². The second-order valence-corrected chi connectivity index (χ2v) is 7.99. The Morgan fingerprint density at radius 3 is 2.95 bits per heavy atom. The van der Waals surface area contributed by atoms with E-state index < -0.39 is 0 Å². The Hall–Kier alpha value is 0.0500.